The van der Waals surface area contributed by atoms with Crippen LogP contribution in [0.4, 0.5) is 5.69 Å². The second-order valence-electron chi connectivity index (χ2n) is 2.53. The van der Waals surface area contributed by atoms with E-state index < -0.39 is 0 Å². The van der Waals surface area contributed by atoms with Gasteiger partial charge in [-0.1, -0.05) is 23.2 Å². The fourth-order valence-electron chi connectivity index (χ4n) is 0.856. The summed E-state index contributed by atoms with van der Waals surface area (Å²) < 4.78 is 4.72. The van der Waals surface area contributed by atoms with E-state index in [2.05, 4.69) is 15.5 Å². The fraction of sp³-hybridized carbons (Fsp3) is 0.375. The maximum atomic E-state index is 11.0. The van der Waals surface area contributed by atoms with Gasteiger partial charge in [-0.25, -0.2) is 0 Å². The zero-order chi connectivity index (χ0) is 11.3. The molecule has 15 heavy (non-hydrogen) atoms. The van der Waals surface area contributed by atoms with E-state index in [1.165, 1.54) is 6.07 Å². The van der Waals surface area contributed by atoms with Gasteiger partial charge in [-0.05, 0) is 6.92 Å². The number of hydrogen-bond acceptors (Lipinski definition) is 5. The van der Waals surface area contributed by atoms with Gasteiger partial charge in [0.2, 0.25) is 0 Å². The van der Waals surface area contributed by atoms with Crippen LogP contribution in [0.2, 0.25) is 10.3 Å². The highest BCUT2D eigenvalue weighted by Crippen LogP contribution is 2.20. The van der Waals surface area contributed by atoms with E-state index in [-0.39, 0.29) is 22.8 Å². The maximum absolute atomic E-state index is 11.0. The average molecular weight is 250 g/mol. The van der Waals surface area contributed by atoms with Gasteiger partial charge in [0.15, 0.2) is 10.3 Å². The van der Waals surface area contributed by atoms with Crippen LogP contribution >= 0.6 is 23.2 Å². The topological polar surface area (TPSA) is 64.1 Å². The molecule has 0 saturated heterocycles. The third kappa shape index (κ3) is 3.89. The van der Waals surface area contributed by atoms with Crippen molar-refractivity contribution in [3.05, 3.63) is 16.4 Å². The Bertz CT molecular complexity index is 360. The van der Waals surface area contributed by atoms with E-state index in [9.17, 15) is 4.79 Å². The van der Waals surface area contributed by atoms with Gasteiger partial charge in [0.1, 0.15) is 6.54 Å². The van der Waals surface area contributed by atoms with Crippen molar-refractivity contribution in [2.24, 2.45) is 0 Å². The van der Waals surface area contributed by atoms with Crippen molar-refractivity contribution >= 4 is 34.9 Å². The number of carbonyl (C=O) groups is 1. The maximum Gasteiger partial charge on any atom is 0.325 e. The molecule has 82 valence electrons. The molecule has 0 aliphatic heterocycles. The van der Waals surface area contributed by atoms with Crippen LogP contribution in [0.1, 0.15) is 6.92 Å². The van der Waals surface area contributed by atoms with Gasteiger partial charge in [-0.2, -0.15) is 0 Å². The largest absolute Gasteiger partial charge is 0.465 e. The summed E-state index contributed by atoms with van der Waals surface area (Å²) in [6, 6.07) is 1.48. The van der Waals surface area contributed by atoms with Crippen LogP contribution in [-0.2, 0) is 9.53 Å². The minimum atomic E-state index is -0.374. The predicted molar refractivity (Wildman–Crippen MR) is 57.2 cm³/mol. The van der Waals surface area contributed by atoms with E-state index >= 15 is 0 Å². The van der Waals surface area contributed by atoms with Gasteiger partial charge in [-0.3, -0.25) is 4.79 Å². The standard InChI is InChI=1S/C8H9Cl2N3O2/c1-2-15-7(14)4-11-5-3-6(9)12-13-8(5)10/h3H,2,4H2,1H3,(H,11,12). The Morgan fingerprint density at radius 2 is 2.27 bits per heavy atom. The zero-order valence-electron chi connectivity index (χ0n) is 7.96. The van der Waals surface area contributed by atoms with E-state index in [0.29, 0.717) is 12.3 Å². The molecule has 0 fully saturated rings. The van der Waals surface area contributed by atoms with Gasteiger partial charge < -0.3 is 10.1 Å². The number of hydrogen-bond donors (Lipinski definition) is 1. The molecule has 0 unspecified atom stereocenters. The predicted octanol–water partition coefficient (Wildman–Crippen LogP) is 1.76. The third-order valence-electron chi connectivity index (χ3n) is 1.45. The van der Waals surface area contributed by atoms with Crippen LogP contribution in [0.5, 0.6) is 0 Å². The molecule has 1 aromatic heterocycles. The highest BCUT2D eigenvalue weighted by atomic mass is 35.5. The second kappa shape index (κ2) is 5.72. The average Bonchev–Trinajstić information content (AvgIpc) is 2.20. The Balaban J connectivity index is 2.57. The van der Waals surface area contributed by atoms with Crippen LogP contribution < -0.4 is 5.32 Å². The van der Waals surface area contributed by atoms with Gasteiger partial charge in [0.05, 0.1) is 12.3 Å². The number of rotatable bonds is 4. The lowest BCUT2D eigenvalue weighted by molar-refractivity contribution is -0.140. The number of anilines is 1. The van der Waals surface area contributed by atoms with Crippen LogP contribution in [0.25, 0.3) is 0 Å². The van der Waals surface area contributed by atoms with Gasteiger partial charge in [0.25, 0.3) is 0 Å². The minimum absolute atomic E-state index is 0.00951. The molecule has 0 spiro atoms. The summed E-state index contributed by atoms with van der Waals surface area (Å²) in [6.45, 7) is 2.08. The monoisotopic (exact) mass is 249 g/mol. The first-order chi connectivity index (χ1) is 7.13. The van der Waals surface area contributed by atoms with Crippen molar-refractivity contribution in [2.45, 2.75) is 6.92 Å². The lowest BCUT2D eigenvalue weighted by Gasteiger charge is -2.06. The van der Waals surface area contributed by atoms with Gasteiger partial charge in [-0.15, -0.1) is 10.2 Å². The highest BCUT2D eigenvalue weighted by Gasteiger charge is 2.06. The molecule has 0 bridgehead atoms. The molecule has 0 amide bonds. The van der Waals surface area contributed by atoms with E-state index in [4.69, 9.17) is 27.9 Å². The number of nitrogens with one attached hydrogen (secondary N) is 1. The summed E-state index contributed by atoms with van der Waals surface area (Å²) >= 11 is 11.3. The summed E-state index contributed by atoms with van der Waals surface area (Å²) in [5.74, 6) is -0.374. The number of ether oxygens (including phenoxy) is 1. The number of aromatic nitrogens is 2. The number of nitrogens with zero attached hydrogens (tertiary/aromatic N) is 2. The molecule has 1 heterocycles. The summed E-state index contributed by atoms with van der Waals surface area (Å²) in [6.07, 6.45) is 0. The number of esters is 1. The molecule has 1 rings (SSSR count). The smallest absolute Gasteiger partial charge is 0.325 e. The minimum Gasteiger partial charge on any atom is -0.465 e. The summed E-state index contributed by atoms with van der Waals surface area (Å²) in [4.78, 5) is 11.0. The van der Waals surface area contributed by atoms with Crippen LogP contribution in [0.3, 0.4) is 0 Å². The Hall–Kier alpha value is -1.07. The number of carbonyl (C=O) groups excluding carboxylic acids is 1. The van der Waals surface area contributed by atoms with Gasteiger partial charge >= 0.3 is 5.97 Å². The third-order valence-corrected chi connectivity index (χ3v) is 1.91. The summed E-state index contributed by atoms with van der Waals surface area (Å²) in [5.41, 5.74) is 0.449. The first kappa shape index (κ1) is 12.0. The Morgan fingerprint density at radius 3 is 2.93 bits per heavy atom. The van der Waals surface area contributed by atoms with E-state index in [0.717, 1.165) is 0 Å². The normalized spacial score (nSPS) is 9.80. The molecule has 7 heteroatoms. The molecular formula is C8H9Cl2N3O2. The number of halogens is 2. The van der Waals surface area contributed by atoms with Crippen molar-refractivity contribution in [3.63, 3.8) is 0 Å². The molecule has 1 aromatic rings. The first-order valence-electron chi connectivity index (χ1n) is 4.21. The molecule has 0 saturated carbocycles. The second-order valence-corrected chi connectivity index (χ2v) is 3.28. The van der Waals surface area contributed by atoms with Crippen molar-refractivity contribution in [1.82, 2.24) is 10.2 Å². The Kier molecular flexibility index (Phi) is 4.58. The zero-order valence-corrected chi connectivity index (χ0v) is 9.47. The quantitative estimate of drug-likeness (QED) is 0.825. The fourth-order valence-corrected chi connectivity index (χ4v) is 1.16. The van der Waals surface area contributed by atoms with E-state index in [1.54, 1.807) is 6.92 Å². The molecule has 0 radical (unpaired) electrons. The van der Waals surface area contributed by atoms with Crippen molar-refractivity contribution < 1.29 is 9.53 Å². The molecule has 0 aromatic carbocycles. The Morgan fingerprint density at radius 1 is 1.53 bits per heavy atom. The lowest BCUT2D eigenvalue weighted by Crippen LogP contribution is -2.17. The van der Waals surface area contributed by atoms with Crippen LogP contribution in [-0.4, -0.2) is 29.3 Å². The summed E-state index contributed by atoms with van der Waals surface area (Å²) in [7, 11) is 0. The molecular weight excluding hydrogens is 241 g/mol. The Labute approximate surface area is 96.7 Å². The first-order valence-corrected chi connectivity index (χ1v) is 4.97. The SMILES string of the molecule is CCOC(=O)CNc1cc(Cl)nnc1Cl. The van der Waals surface area contributed by atoms with Crippen LogP contribution in [0.15, 0.2) is 6.07 Å². The highest BCUT2D eigenvalue weighted by molar-refractivity contribution is 6.33. The van der Waals surface area contributed by atoms with Crippen molar-refractivity contribution in [2.75, 3.05) is 18.5 Å². The van der Waals surface area contributed by atoms with Crippen molar-refractivity contribution in [1.29, 1.82) is 0 Å². The molecule has 0 atom stereocenters. The van der Waals surface area contributed by atoms with Crippen LogP contribution in [0, 0.1) is 0 Å². The molecule has 0 aliphatic rings. The molecule has 1 N–H and O–H groups in total. The van der Waals surface area contributed by atoms with Gasteiger partial charge in [0, 0.05) is 6.07 Å². The molecule has 0 aliphatic carbocycles. The molecule has 5 nitrogen and oxygen atoms in total. The van der Waals surface area contributed by atoms with Crippen molar-refractivity contribution in [3.8, 4) is 0 Å². The summed E-state index contributed by atoms with van der Waals surface area (Å²) in [5, 5.41) is 10.2. The lowest BCUT2D eigenvalue weighted by atomic mass is 10.4. The van der Waals surface area contributed by atoms with E-state index in [1.807, 2.05) is 0 Å².